The highest BCUT2D eigenvalue weighted by atomic mass is 19.4. The molecule has 0 spiro atoms. The first-order valence-electron chi connectivity index (χ1n) is 18.9. The summed E-state index contributed by atoms with van der Waals surface area (Å²) in [6.45, 7) is 7.88. The van der Waals surface area contributed by atoms with Crippen LogP contribution in [-0.4, -0.2) is 86.1 Å². The van der Waals surface area contributed by atoms with Crippen molar-refractivity contribution in [2.75, 3.05) is 20.2 Å². The Bertz CT molecular complexity index is 2080. The van der Waals surface area contributed by atoms with Crippen LogP contribution in [0.3, 0.4) is 0 Å². The third kappa shape index (κ3) is 8.76. The Labute approximate surface area is 327 Å². The SMILES string of the molecule is COC(=O)N[C@H](C(=O)N1CCC[C@H]1c1ncc(-c2ccc(-c3ccc(-c4nc([C@@H]5CCCN5C(=O)[C@@H](OC(N)=O)C(C)C)[nH]c4C(F)(F)F)cc3)cc2)[nH]1)C(C)C. The quantitative estimate of drug-likeness (QED) is 0.125. The molecule has 57 heavy (non-hydrogen) atoms. The Kier molecular flexibility index (Phi) is 11.9. The number of methoxy groups -OCH3 is 1. The number of nitrogens with zero attached hydrogens (tertiary/aromatic N) is 4. The minimum atomic E-state index is -4.76. The summed E-state index contributed by atoms with van der Waals surface area (Å²) in [4.78, 5) is 68.3. The lowest BCUT2D eigenvalue weighted by atomic mass is 10.0. The van der Waals surface area contributed by atoms with Gasteiger partial charge in [0.05, 0.1) is 31.1 Å². The molecular formula is C40H47F3N8O6. The van der Waals surface area contributed by atoms with Crippen LogP contribution in [0.15, 0.2) is 54.7 Å². The molecule has 4 heterocycles. The third-order valence-corrected chi connectivity index (χ3v) is 10.5. The van der Waals surface area contributed by atoms with Crippen LogP contribution in [-0.2, 0) is 25.2 Å². The van der Waals surface area contributed by atoms with Gasteiger partial charge in [-0.2, -0.15) is 13.2 Å². The number of hydrogen-bond donors (Lipinski definition) is 4. The lowest BCUT2D eigenvalue weighted by molar-refractivity contribution is -0.143. The summed E-state index contributed by atoms with van der Waals surface area (Å²) in [5.41, 5.74) is 7.30. The van der Waals surface area contributed by atoms with E-state index in [9.17, 15) is 32.3 Å². The van der Waals surface area contributed by atoms with Crippen LogP contribution in [0, 0.1) is 11.8 Å². The molecule has 2 aromatic heterocycles. The van der Waals surface area contributed by atoms with Gasteiger partial charge >= 0.3 is 18.4 Å². The van der Waals surface area contributed by atoms with Crippen LogP contribution in [0.25, 0.3) is 33.6 Å². The number of nitrogens with two attached hydrogens (primary N) is 1. The minimum absolute atomic E-state index is 0.00560. The first-order valence-corrected chi connectivity index (χ1v) is 18.9. The number of aromatic amines is 2. The summed E-state index contributed by atoms with van der Waals surface area (Å²) in [6.07, 6.45) is -3.60. The molecule has 4 amide bonds. The number of benzene rings is 2. The summed E-state index contributed by atoms with van der Waals surface area (Å²) in [7, 11) is 1.25. The molecule has 14 nitrogen and oxygen atoms in total. The van der Waals surface area contributed by atoms with Crippen LogP contribution in [0.2, 0.25) is 0 Å². The van der Waals surface area contributed by atoms with Crippen LogP contribution < -0.4 is 11.1 Å². The van der Waals surface area contributed by atoms with Crippen molar-refractivity contribution in [3.63, 3.8) is 0 Å². The van der Waals surface area contributed by atoms with Gasteiger partial charge < -0.3 is 40.3 Å². The van der Waals surface area contributed by atoms with E-state index in [0.717, 1.165) is 28.8 Å². The average molecular weight is 793 g/mol. The van der Waals surface area contributed by atoms with E-state index < -0.39 is 54.1 Å². The molecule has 6 rings (SSSR count). The number of carbonyl (C=O) groups excluding carboxylic acids is 4. The number of primary amides is 1. The lowest BCUT2D eigenvalue weighted by Gasteiger charge is -2.30. The summed E-state index contributed by atoms with van der Waals surface area (Å²) in [5.74, 6) is -0.673. The molecule has 17 heteroatoms. The molecular weight excluding hydrogens is 745 g/mol. The molecule has 0 saturated carbocycles. The maximum Gasteiger partial charge on any atom is 0.433 e. The van der Waals surface area contributed by atoms with Crippen molar-refractivity contribution in [3.05, 3.63) is 72.1 Å². The molecule has 4 aromatic rings. The third-order valence-electron chi connectivity index (χ3n) is 10.5. The lowest BCUT2D eigenvalue weighted by Crippen LogP contribution is -2.51. The molecule has 0 aliphatic carbocycles. The highest BCUT2D eigenvalue weighted by molar-refractivity contribution is 5.86. The number of halogens is 3. The molecule has 0 radical (unpaired) electrons. The van der Waals surface area contributed by atoms with E-state index in [0.29, 0.717) is 31.6 Å². The molecule has 0 unspecified atom stereocenters. The Morgan fingerprint density at radius 3 is 1.88 bits per heavy atom. The fraction of sp³-hybridized carbons (Fsp3) is 0.450. The van der Waals surface area contributed by atoms with Crippen molar-refractivity contribution in [1.82, 2.24) is 35.1 Å². The van der Waals surface area contributed by atoms with E-state index in [4.69, 9.17) is 15.2 Å². The number of rotatable bonds is 11. The van der Waals surface area contributed by atoms with Crippen molar-refractivity contribution in [1.29, 1.82) is 0 Å². The zero-order valence-electron chi connectivity index (χ0n) is 32.4. The normalized spacial score (nSPS) is 18.2. The van der Waals surface area contributed by atoms with Gasteiger partial charge in [0.25, 0.3) is 5.91 Å². The van der Waals surface area contributed by atoms with Crippen molar-refractivity contribution in [2.45, 2.75) is 83.8 Å². The second-order valence-corrected chi connectivity index (χ2v) is 15.0. The van der Waals surface area contributed by atoms with Gasteiger partial charge in [0.2, 0.25) is 5.91 Å². The number of nitrogens with one attached hydrogen (secondary N) is 3. The number of H-pyrrole nitrogens is 2. The zero-order chi connectivity index (χ0) is 41.2. The number of alkyl halides is 3. The molecule has 4 atom stereocenters. The first-order chi connectivity index (χ1) is 27.1. The molecule has 5 N–H and O–H groups in total. The topological polar surface area (TPSA) is 189 Å². The Balaban J connectivity index is 1.18. The van der Waals surface area contributed by atoms with E-state index in [1.165, 1.54) is 12.0 Å². The molecule has 2 saturated heterocycles. The highest BCUT2D eigenvalue weighted by Gasteiger charge is 2.42. The second kappa shape index (κ2) is 16.7. The van der Waals surface area contributed by atoms with Crippen molar-refractivity contribution < 1.29 is 41.8 Å². The number of amides is 4. The molecule has 0 bridgehead atoms. The Morgan fingerprint density at radius 2 is 1.35 bits per heavy atom. The van der Waals surface area contributed by atoms with Gasteiger partial charge in [-0.3, -0.25) is 9.59 Å². The van der Waals surface area contributed by atoms with Crippen LogP contribution in [0.1, 0.15) is 82.8 Å². The predicted molar refractivity (Wildman–Crippen MR) is 203 cm³/mol. The predicted octanol–water partition coefficient (Wildman–Crippen LogP) is 6.98. The largest absolute Gasteiger partial charge is 0.453 e. The van der Waals surface area contributed by atoms with Gasteiger partial charge in [0.1, 0.15) is 29.1 Å². The Hall–Kier alpha value is -5.87. The fourth-order valence-electron chi connectivity index (χ4n) is 7.55. The number of alkyl carbamates (subject to hydrolysis) is 1. The van der Waals surface area contributed by atoms with Crippen molar-refractivity contribution in [3.8, 4) is 33.6 Å². The number of imidazole rings is 2. The smallest absolute Gasteiger partial charge is 0.433 e. The van der Waals surface area contributed by atoms with Gasteiger partial charge in [-0.1, -0.05) is 76.2 Å². The fourth-order valence-corrected chi connectivity index (χ4v) is 7.55. The Morgan fingerprint density at radius 1 is 0.807 bits per heavy atom. The maximum atomic E-state index is 14.4. The van der Waals surface area contributed by atoms with Crippen LogP contribution in [0.4, 0.5) is 22.8 Å². The van der Waals surface area contributed by atoms with Gasteiger partial charge in [-0.25, -0.2) is 19.6 Å². The summed E-state index contributed by atoms with van der Waals surface area (Å²) >= 11 is 0. The molecule has 2 aliphatic rings. The summed E-state index contributed by atoms with van der Waals surface area (Å²) in [6, 6.07) is 12.4. The first kappa shape index (κ1) is 40.8. The van der Waals surface area contributed by atoms with E-state index in [1.54, 1.807) is 49.2 Å². The van der Waals surface area contributed by atoms with Gasteiger partial charge in [-0.05, 0) is 54.2 Å². The molecule has 2 fully saturated rings. The number of likely N-dealkylation sites (tertiary alicyclic amines) is 2. The second-order valence-electron chi connectivity index (χ2n) is 15.0. The minimum Gasteiger partial charge on any atom is -0.453 e. The van der Waals surface area contributed by atoms with Crippen molar-refractivity contribution in [2.24, 2.45) is 17.6 Å². The van der Waals surface area contributed by atoms with Crippen molar-refractivity contribution >= 4 is 24.0 Å². The van der Waals surface area contributed by atoms with Crippen LogP contribution >= 0.6 is 0 Å². The number of hydrogen-bond acceptors (Lipinski definition) is 8. The summed E-state index contributed by atoms with van der Waals surface area (Å²) < 4.78 is 52.9. The zero-order valence-corrected chi connectivity index (χ0v) is 32.4. The summed E-state index contributed by atoms with van der Waals surface area (Å²) in [5, 5.41) is 2.65. The van der Waals surface area contributed by atoms with E-state index in [-0.39, 0.29) is 41.5 Å². The van der Waals surface area contributed by atoms with E-state index in [2.05, 4.69) is 25.3 Å². The molecule has 304 valence electrons. The number of ether oxygens (including phenoxy) is 2. The van der Waals surface area contributed by atoms with Gasteiger partial charge in [-0.15, -0.1) is 0 Å². The molecule has 2 aromatic carbocycles. The van der Waals surface area contributed by atoms with Crippen LogP contribution in [0.5, 0.6) is 0 Å². The number of carbonyl (C=O) groups is 4. The number of aromatic nitrogens is 4. The maximum absolute atomic E-state index is 14.4. The monoisotopic (exact) mass is 792 g/mol. The van der Waals surface area contributed by atoms with E-state index >= 15 is 0 Å². The average Bonchev–Trinajstić information content (AvgIpc) is 4.01. The van der Waals surface area contributed by atoms with Gasteiger partial charge in [0, 0.05) is 18.7 Å². The van der Waals surface area contributed by atoms with E-state index in [1.807, 2.05) is 38.1 Å². The van der Waals surface area contributed by atoms with Gasteiger partial charge in [0.15, 0.2) is 6.10 Å². The molecule has 2 aliphatic heterocycles. The highest BCUT2D eigenvalue weighted by Crippen LogP contribution is 2.40. The standard InChI is InChI=1S/C40H47F3N8O6/c1-21(2)30(48-39(55)56-5)36(52)50-18-6-8-28(50)34-45-20-27(46-34)25-14-10-23(11-15-25)24-12-16-26(17-13-24)31-33(40(41,42)43)49-35(47-31)29-9-7-19-51(29)37(53)32(22(3)4)57-38(44)54/h10-17,20-22,28-30,32H,6-9,18-19H2,1-5H3,(H2,44,54)(H,45,46)(H,47,49)(H,48,55)/t28-,29-,30-,32-/m0/s1.